The van der Waals surface area contributed by atoms with Gasteiger partial charge >= 0.3 is 0 Å². The fourth-order valence-corrected chi connectivity index (χ4v) is 1.74. The predicted molar refractivity (Wildman–Crippen MR) is 72.2 cm³/mol. The molecule has 0 aliphatic rings. The Kier molecular flexibility index (Phi) is 4.47. The van der Waals surface area contributed by atoms with Gasteiger partial charge in [0.05, 0.1) is 18.3 Å². The molecule has 0 aliphatic heterocycles. The monoisotopic (exact) mass is 277 g/mol. The molecule has 20 heavy (non-hydrogen) atoms. The van der Waals surface area contributed by atoms with Crippen LogP contribution in [0.25, 0.3) is 5.69 Å². The Hall–Kier alpha value is -2.21. The van der Waals surface area contributed by atoms with Gasteiger partial charge in [0.1, 0.15) is 5.82 Å². The van der Waals surface area contributed by atoms with Crippen LogP contribution in [0.1, 0.15) is 23.8 Å². The summed E-state index contributed by atoms with van der Waals surface area (Å²) in [6, 6.07) is 7.20. The van der Waals surface area contributed by atoms with Crippen LogP contribution in [-0.4, -0.2) is 33.4 Å². The summed E-state index contributed by atoms with van der Waals surface area (Å²) in [5.74, 6) is -0.726. The van der Waals surface area contributed by atoms with Gasteiger partial charge in [-0.1, -0.05) is 13.0 Å². The van der Waals surface area contributed by atoms with E-state index in [2.05, 4.69) is 10.4 Å². The summed E-state index contributed by atoms with van der Waals surface area (Å²) in [5, 5.41) is 15.8. The van der Waals surface area contributed by atoms with Gasteiger partial charge in [0, 0.05) is 6.20 Å². The standard InChI is InChI=1S/C14H16FN3O2/c1-2-11(9-19)16-14(20)13-6-7-18(17-13)12-5-3-4-10(15)8-12/h3-8,11,19H,2,9H2,1H3,(H,16,20). The second-order valence-corrected chi connectivity index (χ2v) is 4.39. The number of aliphatic hydroxyl groups excluding tert-OH is 1. The van der Waals surface area contributed by atoms with Gasteiger partial charge in [-0.2, -0.15) is 5.10 Å². The maximum Gasteiger partial charge on any atom is 0.272 e. The van der Waals surface area contributed by atoms with Gasteiger partial charge in [-0.25, -0.2) is 9.07 Å². The molecule has 2 aromatic rings. The number of nitrogens with zero attached hydrogens (tertiary/aromatic N) is 2. The van der Waals surface area contributed by atoms with E-state index >= 15 is 0 Å². The van der Waals surface area contributed by atoms with E-state index in [-0.39, 0.29) is 30.1 Å². The zero-order chi connectivity index (χ0) is 14.5. The van der Waals surface area contributed by atoms with Crippen LogP contribution in [0.15, 0.2) is 36.5 Å². The Morgan fingerprint density at radius 1 is 1.50 bits per heavy atom. The van der Waals surface area contributed by atoms with Crippen molar-refractivity contribution in [2.24, 2.45) is 0 Å². The number of carbonyl (C=O) groups is 1. The number of carbonyl (C=O) groups excluding carboxylic acids is 1. The lowest BCUT2D eigenvalue weighted by Crippen LogP contribution is -2.37. The van der Waals surface area contributed by atoms with Crippen molar-refractivity contribution in [3.63, 3.8) is 0 Å². The highest BCUT2D eigenvalue weighted by Crippen LogP contribution is 2.09. The minimum atomic E-state index is -0.365. The van der Waals surface area contributed by atoms with Crippen molar-refractivity contribution < 1.29 is 14.3 Å². The number of rotatable bonds is 5. The molecule has 2 N–H and O–H groups in total. The highest BCUT2D eigenvalue weighted by atomic mass is 19.1. The van der Waals surface area contributed by atoms with Crippen molar-refractivity contribution in [1.82, 2.24) is 15.1 Å². The lowest BCUT2D eigenvalue weighted by molar-refractivity contribution is 0.0909. The smallest absolute Gasteiger partial charge is 0.272 e. The summed E-state index contributed by atoms with van der Waals surface area (Å²) < 4.78 is 14.6. The van der Waals surface area contributed by atoms with Crippen LogP contribution in [0.3, 0.4) is 0 Å². The van der Waals surface area contributed by atoms with Crippen molar-refractivity contribution >= 4 is 5.91 Å². The second-order valence-electron chi connectivity index (χ2n) is 4.39. The Labute approximate surface area is 116 Å². The zero-order valence-electron chi connectivity index (χ0n) is 11.1. The first-order valence-electron chi connectivity index (χ1n) is 6.37. The highest BCUT2D eigenvalue weighted by molar-refractivity contribution is 5.92. The molecule has 1 aromatic carbocycles. The number of amides is 1. The van der Waals surface area contributed by atoms with E-state index in [1.54, 1.807) is 24.4 Å². The summed E-state index contributed by atoms with van der Waals surface area (Å²) in [6.07, 6.45) is 2.22. The van der Waals surface area contributed by atoms with E-state index in [1.807, 2.05) is 6.92 Å². The first kappa shape index (κ1) is 14.2. The van der Waals surface area contributed by atoms with Gasteiger partial charge < -0.3 is 10.4 Å². The first-order valence-corrected chi connectivity index (χ1v) is 6.37. The molecule has 1 atom stereocenters. The SMILES string of the molecule is CCC(CO)NC(=O)c1ccn(-c2cccc(F)c2)n1. The number of aliphatic hydroxyl groups is 1. The minimum absolute atomic E-state index is 0.118. The van der Waals surface area contributed by atoms with Crippen LogP contribution >= 0.6 is 0 Å². The third-order valence-electron chi connectivity index (χ3n) is 2.94. The summed E-state index contributed by atoms with van der Waals surface area (Å²) in [7, 11) is 0. The molecule has 0 saturated carbocycles. The van der Waals surface area contributed by atoms with Crippen LogP contribution in [0.4, 0.5) is 4.39 Å². The summed E-state index contributed by atoms with van der Waals surface area (Å²) >= 11 is 0. The fourth-order valence-electron chi connectivity index (χ4n) is 1.74. The highest BCUT2D eigenvalue weighted by Gasteiger charge is 2.14. The lowest BCUT2D eigenvalue weighted by atomic mass is 10.2. The predicted octanol–water partition coefficient (Wildman–Crippen LogP) is 1.51. The Morgan fingerprint density at radius 2 is 2.30 bits per heavy atom. The van der Waals surface area contributed by atoms with Crippen LogP contribution in [-0.2, 0) is 0 Å². The van der Waals surface area contributed by atoms with Crippen molar-refractivity contribution in [2.75, 3.05) is 6.61 Å². The number of nitrogens with one attached hydrogen (secondary N) is 1. The quantitative estimate of drug-likeness (QED) is 0.870. The molecule has 1 aromatic heterocycles. The van der Waals surface area contributed by atoms with Crippen LogP contribution in [0, 0.1) is 5.82 Å². The van der Waals surface area contributed by atoms with Crippen LogP contribution in [0.5, 0.6) is 0 Å². The molecule has 0 spiro atoms. The minimum Gasteiger partial charge on any atom is -0.394 e. The molecular formula is C14H16FN3O2. The summed E-state index contributed by atoms with van der Waals surface area (Å²) in [5.41, 5.74) is 0.763. The van der Waals surface area contributed by atoms with Gasteiger partial charge in [0.25, 0.3) is 5.91 Å². The van der Waals surface area contributed by atoms with Gasteiger partial charge in [-0.15, -0.1) is 0 Å². The molecule has 2 rings (SSSR count). The topological polar surface area (TPSA) is 67.2 Å². The van der Waals surface area contributed by atoms with E-state index in [0.717, 1.165) is 0 Å². The average Bonchev–Trinajstić information content (AvgIpc) is 2.94. The average molecular weight is 277 g/mol. The molecule has 6 heteroatoms. The molecule has 0 saturated heterocycles. The van der Waals surface area contributed by atoms with Crippen molar-refractivity contribution in [3.8, 4) is 5.69 Å². The Morgan fingerprint density at radius 3 is 2.95 bits per heavy atom. The van der Waals surface area contributed by atoms with Crippen molar-refractivity contribution in [2.45, 2.75) is 19.4 Å². The third-order valence-corrected chi connectivity index (χ3v) is 2.94. The second kappa shape index (κ2) is 6.29. The van der Waals surface area contributed by atoms with Gasteiger partial charge in [0.2, 0.25) is 0 Å². The van der Waals surface area contributed by atoms with Crippen molar-refractivity contribution in [3.05, 3.63) is 48.0 Å². The fraction of sp³-hybridized carbons (Fsp3) is 0.286. The Balaban J connectivity index is 2.14. The number of aromatic nitrogens is 2. The van der Waals surface area contributed by atoms with Crippen LogP contribution in [0.2, 0.25) is 0 Å². The van der Waals surface area contributed by atoms with E-state index in [9.17, 15) is 9.18 Å². The molecular weight excluding hydrogens is 261 g/mol. The molecule has 106 valence electrons. The van der Waals surface area contributed by atoms with E-state index in [1.165, 1.54) is 16.8 Å². The van der Waals surface area contributed by atoms with Gasteiger partial charge in [0.15, 0.2) is 5.69 Å². The number of hydrogen-bond acceptors (Lipinski definition) is 3. The molecule has 0 radical (unpaired) electrons. The van der Waals surface area contributed by atoms with E-state index < -0.39 is 0 Å². The number of hydrogen-bond donors (Lipinski definition) is 2. The largest absolute Gasteiger partial charge is 0.394 e. The zero-order valence-corrected chi connectivity index (χ0v) is 11.1. The summed E-state index contributed by atoms with van der Waals surface area (Å²) in [4.78, 5) is 11.9. The maximum absolute atomic E-state index is 13.1. The lowest BCUT2D eigenvalue weighted by Gasteiger charge is -2.12. The molecule has 5 nitrogen and oxygen atoms in total. The molecule has 1 unspecified atom stereocenters. The van der Waals surface area contributed by atoms with Crippen molar-refractivity contribution in [1.29, 1.82) is 0 Å². The number of halogens is 1. The molecule has 0 fully saturated rings. The Bertz CT molecular complexity index is 594. The molecule has 1 heterocycles. The maximum atomic E-state index is 13.1. The molecule has 0 bridgehead atoms. The van der Waals surface area contributed by atoms with Gasteiger partial charge in [-0.05, 0) is 30.7 Å². The van der Waals surface area contributed by atoms with E-state index in [0.29, 0.717) is 12.1 Å². The summed E-state index contributed by atoms with van der Waals surface area (Å²) in [6.45, 7) is 1.75. The normalized spacial score (nSPS) is 12.2. The molecule has 1 amide bonds. The van der Waals surface area contributed by atoms with E-state index in [4.69, 9.17) is 5.11 Å². The number of benzene rings is 1. The molecule has 0 aliphatic carbocycles. The van der Waals surface area contributed by atoms with Gasteiger partial charge in [-0.3, -0.25) is 4.79 Å². The third kappa shape index (κ3) is 3.21. The first-order chi connectivity index (χ1) is 9.63. The van der Waals surface area contributed by atoms with Crippen LogP contribution < -0.4 is 5.32 Å².